The van der Waals surface area contributed by atoms with Gasteiger partial charge in [-0.1, -0.05) is 78.9 Å². The van der Waals surface area contributed by atoms with Gasteiger partial charge in [0.1, 0.15) is 6.61 Å². The fourth-order valence-electron chi connectivity index (χ4n) is 2.63. The Kier molecular flexibility index (Phi) is 5.96. The molecule has 0 aliphatic carbocycles. The summed E-state index contributed by atoms with van der Waals surface area (Å²) < 4.78 is 6.82. The summed E-state index contributed by atoms with van der Waals surface area (Å²) in [5.74, 6) is 0. The highest BCUT2D eigenvalue weighted by atomic mass is 16.5. The Morgan fingerprint density at radius 3 is 2.00 bits per heavy atom. The van der Waals surface area contributed by atoms with Crippen LogP contribution in [0.25, 0.3) is 0 Å². The van der Waals surface area contributed by atoms with Crippen LogP contribution in [0.4, 0.5) is 0 Å². The highest BCUT2D eigenvalue weighted by Gasteiger charge is 2.19. The average Bonchev–Trinajstić information content (AvgIpc) is 2.67. The molecule has 3 aromatic rings. The second kappa shape index (κ2) is 8.81. The molecular weight excluding hydrogens is 310 g/mol. The lowest BCUT2D eigenvalue weighted by Crippen LogP contribution is -2.20. The number of rotatable bonds is 7. The van der Waals surface area contributed by atoms with Crippen molar-refractivity contribution in [2.75, 3.05) is 6.61 Å². The predicted octanol–water partition coefficient (Wildman–Crippen LogP) is 4.57. The summed E-state index contributed by atoms with van der Waals surface area (Å²) >= 11 is 0. The summed E-state index contributed by atoms with van der Waals surface area (Å²) in [5.41, 5.74) is 2.91. The molecule has 0 amide bonds. The Balaban J connectivity index is 1.74. The molecule has 3 heteroatoms. The standard InChI is InChI=1S/C22H21NO2/c24-23(16-19-10-4-1-5-11-19)22(21-14-8-3-9-15-21)18-25-17-20-12-6-2-7-13-20/h1-16,22H,17-18H2/b23-16+/t22-/m0/s1. The van der Waals surface area contributed by atoms with Gasteiger partial charge in [-0.05, 0) is 17.7 Å². The summed E-state index contributed by atoms with van der Waals surface area (Å²) in [6.07, 6.45) is 1.61. The maximum atomic E-state index is 12.7. The van der Waals surface area contributed by atoms with E-state index in [1.807, 2.05) is 91.0 Å². The molecule has 0 fully saturated rings. The molecule has 1 atom stereocenters. The van der Waals surface area contributed by atoms with Crippen LogP contribution in [0.5, 0.6) is 0 Å². The molecule has 0 spiro atoms. The third-order valence-corrected chi connectivity index (χ3v) is 3.95. The minimum Gasteiger partial charge on any atom is -0.623 e. The van der Waals surface area contributed by atoms with Crippen molar-refractivity contribution in [2.24, 2.45) is 0 Å². The molecule has 0 aliphatic heterocycles. The van der Waals surface area contributed by atoms with Crippen molar-refractivity contribution in [1.82, 2.24) is 0 Å². The van der Waals surface area contributed by atoms with E-state index < -0.39 is 0 Å². The third-order valence-electron chi connectivity index (χ3n) is 3.95. The fraction of sp³-hybridized carbons (Fsp3) is 0.136. The summed E-state index contributed by atoms with van der Waals surface area (Å²) in [6, 6.07) is 28.9. The number of hydrogen-bond donors (Lipinski definition) is 0. The molecular formula is C22H21NO2. The third kappa shape index (κ3) is 5.03. The zero-order valence-electron chi connectivity index (χ0n) is 14.0. The normalized spacial score (nSPS) is 12.7. The van der Waals surface area contributed by atoms with Crippen LogP contribution in [0.15, 0.2) is 91.0 Å². The topological polar surface area (TPSA) is 35.3 Å². The van der Waals surface area contributed by atoms with Crippen molar-refractivity contribution in [2.45, 2.75) is 12.6 Å². The molecule has 0 aromatic heterocycles. The maximum absolute atomic E-state index is 12.7. The first-order valence-corrected chi connectivity index (χ1v) is 8.35. The number of benzene rings is 3. The van der Waals surface area contributed by atoms with Crippen molar-refractivity contribution >= 4 is 6.21 Å². The maximum Gasteiger partial charge on any atom is 0.211 e. The van der Waals surface area contributed by atoms with Gasteiger partial charge in [0.25, 0.3) is 0 Å². The molecule has 0 saturated heterocycles. The van der Waals surface area contributed by atoms with Gasteiger partial charge in [-0.15, -0.1) is 0 Å². The molecule has 0 saturated carbocycles. The molecule has 0 bridgehead atoms. The summed E-state index contributed by atoms with van der Waals surface area (Å²) in [4.78, 5) is 0. The van der Waals surface area contributed by atoms with Crippen LogP contribution in [-0.4, -0.2) is 17.6 Å². The molecule has 3 nitrogen and oxygen atoms in total. The first-order chi connectivity index (χ1) is 12.3. The quantitative estimate of drug-likeness (QED) is 0.275. The van der Waals surface area contributed by atoms with Crippen molar-refractivity contribution in [3.8, 4) is 0 Å². The first-order valence-electron chi connectivity index (χ1n) is 8.35. The molecule has 0 heterocycles. The highest BCUT2D eigenvalue weighted by Crippen LogP contribution is 2.18. The molecule has 126 valence electrons. The Morgan fingerprint density at radius 2 is 1.36 bits per heavy atom. The van der Waals surface area contributed by atoms with Crippen LogP contribution in [0, 0.1) is 5.21 Å². The number of hydrogen-bond acceptors (Lipinski definition) is 2. The van der Waals surface area contributed by atoms with Gasteiger partial charge in [0.2, 0.25) is 6.04 Å². The Morgan fingerprint density at radius 1 is 0.800 bits per heavy atom. The van der Waals surface area contributed by atoms with E-state index in [0.29, 0.717) is 13.2 Å². The molecule has 3 aromatic carbocycles. The van der Waals surface area contributed by atoms with Crippen LogP contribution in [0.2, 0.25) is 0 Å². The summed E-state index contributed by atoms with van der Waals surface area (Å²) in [6.45, 7) is 0.815. The zero-order chi connectivity index (χ0) is 17.3. The molecule has 0 N–H and O–H groups in total. The van der Waals surface area contributed by atoms with Crippen molar-refractivity contribution < 1.29 is 9.48 Å². The fourth-order valence-corrected chi connectivity index (χ4v) is 2.63. The SMILES string of the molecule is [O-]/[N+](=C/c1ccccc1)[C@@H](COCc1ccccc1)c1ccccc1. The second-order valence-electron chi connectivity index (χ2n) is 5.83. The van der Waals surface area contributed by atoms with E-state index in [1.165, 1.54) is 0 Å². The molecule has 25 heavy (non-hydrogen) atoms. The Bertz CT molecular complexity index is 786. The zero-order valence-corrected chi connectivity index (χ0v) is 14.0. The van der Waals surface area contributed by atoms with E-state index in [1.54, 1.807) is 6.21 Å². The van der Waals surface area contributed by atoms with Crippen molar-refractivity contribution in [3.63, 3.8) is 0 Å². The molecule has 0 unspecified atom stereocenters. The minimum absolute atomic E-state index is 0.325. The number of hydroxylamine groups is 1. The van der Waals surface area contributed by atoms with Crippen LogP contribution in [0.1, 0.15) is 22.7 Å². The van der Waals surface area contributed by atoms with Gasteiger partial charge in [-0.3, -0.25) is 0 Å². The van der Waals surface area contributed by atoms with Gasteiger partial charge >= 0.3 is 0 Å². The van der Waals surface area contributed by atoms with E-state index in [4.69, 9.17) is 4.74 Å². The van der Waals surface area contributed by atoms with E-state index >= 15 is 0 Å². The van der Waals surface area contributed by atoms with Crippen LogP contribution >= 0.6 is 0 Å². The van der Waals surface area contributed by atoms with Crippen molar-refractivity contribution in [1.29, 1.82) is 0 Å². The molecule has 0 radical (unpaired) electrons. The van der Waals surface area contributed by atoms with E-state index in [0.717, 1.165) is 21.4 Å². The smallest absolute Gasteiger partial charge is 0.211 e. The van der Waals surface area contributed by atoms with E-state index in [-0.39, 0.29) is 6.04 Å². The lowest BCUT2D eigenvalue weighted by atomic mass is 10.1. The number of nitrogens with zero attached hydrogens (tertiary/aromatic N) is 1. The van der Waals surface area contributed by atoms with Gasteiger partial charge in [0, 0.05) is 11.1 Å². The lowest BCUT2D eigenvalue weighted by molar-refractivity contribution is -0.508. The van der Waals surface area contributed by atoms with Crippen LogP contribution < -0.4 is 0 Å². The number of ether oxygens (including phenoxy) is 1. The first kappa shape index (κ1) is 16.9. The largest absolute Gasteiger partial charge is 0.623 e. The molecule has 0 aliphatic rings. The van der Waals surface area contributed by atoms with Gasteiger partial charge in [0.05, 0.1) is 6.61 Å². The average molecular weight is 331 g/mol. The van der Waals surface area contributed by atoms with Gasteiger partial charge in [0.15, 0.2) is 6.21 Å². The van der Waals surface area contributed by atoms with Crippen LogP contribution in [0.3, 0.4) is 0 Å². The molecule has 3 rings (SSSR count). The predicted molar refractivity (Wildman–Crippen MR) is 101 cm³/mol. The second-order valence-corrected chi connectivity index (χ2v) is 5.83. The van der Waals surface area contributed by atoms with Crippen molar-refractivity contribution in [3.05, 3.63) is 113 Å². The lowest BCUT2D eigenvalue weighted by Gasteiger charge is -2.18. The highest BCUT2D eigenvalue weighted by molar-refractivity contribution is 5.75. The monoisotopic (exact) mass is 331 g/mol. The Hall–Kier alpha value is -2.91. The summed E-state index contributed by atoms with van der Waals surface area (Å²) in [7, 11) is 0. The van der Waals surface area contributed by atoms with Gasteiger partial charge < -0.3 is 9.94 Å². The Labute approximate surface area is 148 Å². The van der Waals surface area contributed by atoms with Gasteiger partial charge in [-0.2, -0.15) is 0 Å². The van der Waals surface area contributed by atoms with E-state index in [9.17, 15) is 5.21 Å². The van der Waals surface area contributed by atoms with Crippen LogP contribution in [-0.2, 0) is 11.3 Å². The van der Waals surface area contributed by atoms with Gasteiger partial charge in [-0.25, -0.2) is 4.74 Å². The minimum atomic E-state index is -0.384. The van der Waals surface area contributed by atoms with E-state index in [2.05, 4.69) is 0 Å². The summed E-state index contributed by atoms with van der Waals surface area (Å²) in [5, 5.41) is 12.7.